The van der Waals surface area contributed by atoms with Gasteiger partial charge in [0.15, 0.2) is 5.60 Å². The van der Waals surface area contributed by atoms with Gasteiger partial charge in [0.05, 0.1) is 19.0 Å². The van der Waals surface area contributed by atoms with Crippen molar-refractivity contribution in [2.75, 3.05) is 19.7 Å². The monoisotopic (exact) mass is 464 g/mol. The number of benzene rings is 2. The van der Waals surface area contributed by atoms with E-state index in [-0.39, 0.29) is 37.6 Å². The van der Waals surface area contributed by atoms with E-state index in [1.807, 2.05) is 24.3 Å². The molecule has 0 radical (unpaired) electrons. The van der Waals surface area contributed by atoms with Crippen LogP contribution in [0, 0.1) is 5.92 Å². The number of rotatable bonds is 5. The molecule has 2 aromatic rings. The lowest BCUT2D eigenvalue weighted by Crippen LogP contribution is -2.69. The van der Waals surface area contributed by atoms with Gasteiger partial charge in [-0.2, -0.15) is 0 Å². The fourth-order valence-corrected chi connectivity index (χ4v) is 5.50. The number of likely N-dealkylation sites (tertiary alicyclic amines) is 1. The van der Waals surface area contributed by atoms with E-state index in [1.54, 1.807) is 0 Å². The number of ether oxygens (including phenoxy) is 1. The Kier molecular flexibility index (Phi) is 5.77. The standard InChI is InChI=1S/C26H28N2O6/c29-23(28-14-26(33,15-28)24(30)31)20-11-5-6-12-22(20)27-25(32)34-13-21-18-9-3-1-7-16(18)17-8-2-4-10-19(17)21/h1-4,7-10,20-22,33H,5-6,11-15H2,(H,27,32)(H,30,31)/t20-,22+/m0/s1. The Morgan fingerprint density at radius 2 is 1.56 bits per heavy atom. The summed E-state index contributed by atoms with van der Waals surface area (Å²) in [6, 6.07) is 15.9. The van der Waals surface area contributed by atoms with E-state index in [1.165, 1.54) is 4.90 Å². The average molecular weight is 465 g/mol. The summed E-state index contributed by atoms with van der Waals surface area (Å²) < 4.78 is 5.64. The molecular formula is C26H28N2O6. The van der Waals surface area contributed by atoms with Gasteiger partial charge in [0.2, 0.25) is 5.91 Å². The van der Waals surface area contributed by atoms with Crippen molar-refractivity contribution in [1.82, 2.24) is 10.2 Å². The van der Waals surface area contributed by atoms with Crippen molar-refractivity contribution in [2.24, 2.45) is 5.92 Å². The number of nitrogens with zero attached hydrogens (tertiary/aromatic N) is 1. The number of hydrogen-bond donors (Lipinski definition) is 3. The molecule has 0 spiro atoms. The van der Waals surface area contributed by atoms with Crippen molar-refractivity contribution in [1.29, 1.82) is 0 Å². The van der Waals surface area contributed by atoms with Crippen LogP contribution >= 0.6 is 0 Å². The molecule has 1 saturated carbocycles. The molecule has 2 atom stereocenters. The number of aliphatic hydroxyl groups is 1. The summed E-state index contributed by atoms with van der Waals surface area (Å²) in [4.78, 5) is 38.2. The van der Waals surface area contributed by atoms with Crippen molar-refractivity contribution in [3.8, 4) is 11.1 Å². The van der Waals surface area contributed by atoms with E-state index in [0.717, 1.165) is 35.1 Å². The molecule has 5 rings (SSSR count). The number of carbonyl (C=O) groups is 3. The van der Waals surface area contributed by atoms with Crippen molar-refractivity contribution in [3.63, 3.8) is 0 Å². The number of alkyl carbamates (subject to hydrolysis) is 1. The van der Waals surface area contributed by atoms with E-state index in [0.29, 0.717) is 12.8 Å². The van der Waals surface area contributed by atoms with Crippen molar-refractivity contribution < 1.29 is 29.3 Å². The van der Waals surface area contributed by atoms with Gasteiger partial charge < -0.3 is 25.2 Å². The molecule has 1 saturated heterocycles. The van der Waals surface area contributed by atoms with Gasteiger partial charge in [0.25, 0.3) is 0 Å². The molecule has 1 aliphatic heterocycles. The third-order valence-electron chi connectivity index (χ3n) is 7.34. The molecule has 0 bridgehead atoms. The van der Waals surface area contributed by atoms with Gasteiger partial charge in [0, 0.05) is 12.0 Å². The van der Waals surface area contributed by atoms with Crippen LogP contribution in [-0.2, 0) is 14.3 Å². The number of carbonyl (C=O) groups excluding carboxylic acids is 2. The fourth-order valence-electron chi connectivity index (χ4n) is 5.50. The number of β-amino-alcohol motifs (C(OH)–C–C–N with tert-alkyl or cyclic N) is 1. The second-order valence-electron chi connectivity index (χ2n) is 9.50. The van der Waals surface area contributed by atoms with Crippen LogP contribution in [0.3, 0.4) is 0 Å². The first-order valence-electron chi connectivity index (χ1n) is 11.7. The SMILES string of the molecule is O=C(N[C@@H]1CCCC[C@@H]1C(=O)N1CC(O)(C(=O)O)C1)OCC1c2ccccc2-c2ccccc21. The lowest BCUT2D eigenvalue weighted by molar-refractivity contribution is -0.184. The van der Waals surface area contributed by atoms with Gasteiger partial charge in [-0.25, -0.2) is 9.59 Å². The Labute approximate surface area is 197 Å². The minimum Gasteiger partial charge on any atom is -0.479 e. The highest BCUT2D eigenvalue weighted by molar-refractivity contribution is 5.87. The maximum absolute atomic E-state index is 13.0. The van der Waals surface area contributed by atoms with Gasteiger partial charge in [-0.05, 0) is 35.1 Å². The largest absolute Gasteiger partial charge is 0.479 e. The molecule has 8 heteroatoms. The smallest absolute Gasteiger partial charge is 0.407 e. The Hall–Kier alpha value is -3.39. The molecule has 0 aromatic heterocycles. The molecule has 8 nitrogen and oxygen atoms in total. The fraction of sp³-hybridized carbons (Fsp3) is 0.423. The Morgan fingerprint density at radius 3 is 2.18 bits per heavy atom. The number of carboxylic acid groups (broad SMARTS) is 1. The number of aliphatic carboxylic acids is 1. The first kappa shape index (κ1) is 22.4. The van der Waals surface area contributed by atoms with Crippen LogP contribution in [-0.4, -0.2) is 64.4 Å². The second kappa shape index (κ2) is 8.76. The minimum absolute atomic E-state index is 0.0447. The van der Waals surface area contributed by atoms with Gasteiger partial charge in [-0.15, -0.1) is 0 Å². The molecule has 3 N–H and O–H groups in total. The molecule has 34 heavy (non-hydrogen) atoms. The number of amides is 2. The van der Waals surface area contributed by atoms with E-state index in [9.17, 15) is 19.5 Å². The number of carboxylic acids is 1. The molecule has 178 valence electrons. The molecule has 0 unspecified atom stereocenters. The summed E-state index contributed by atoms with van der Waals surface area (Å²) in [5.41, 5.74) is 2.69. The lowest BCUT2D eigenvalue weighted by Gasteiger charge is -2.46. The van der Waals surface area contributed by atoms with Crippen LogP contribution in [0.2, 0.25) is 0 Å². The quantitative estimate of drug-likeness (QED) is 0.627. The molecule has 1 heterocycles. The third kappa shape index (κ3) is 3.92. The van der Waals surface area contributed by atoms with Gasteiger partial charge >= 0.3 is 12.1 Å². The first-order valence-corrected chi connectivity index (χ1v) is 11.7. The maximum Gasteiger partial charge on any atom is 0.407 e. The molecule has 2 aromatic carbocycles. The van der Waals surface area contributed by atoms with Gasteiger partial charge in [0.1, 0.15) is 6.61 Å². The zero-order valence-electron chi connectivity index (χ0n) is 18.8. The Morgan fingerprint density at radius 1 is 0.971 bits per heavy atom. The zero-order valence-corrected chi connectivity index (χ0v) is 18.8. The Balaban J connectivity index is 1.21. The van der Waals surface area contributed by atoms with Crippen LogP contribution in [0.4, 0.5) is 4.79 Å². The number of fused-ring (bicyclic) bond motifs is 3. The van der Waals surface area contributed by atoms with Crippen LogP contribution in [0.25, 0.3) is 11.1 Å². The summed E-state index contributed by atoms with van der Waals surface area (Å²) in [6.45, 7) is -0.256. The topological polar surface area (TPSA) is 116 Å². The summed E-state index contributed by atoms with van der Waals surface area (Å²) >= 11 is 0. The van der Waals surface area contributed by atoms with Crippen LogP contribution in [0.15, 0.2) is 48.5 Å². The van der Waals surface area contributed by atoms with Crippen LogP contribution < -0.4 is 5.32 Å². The average Bonchev–Trinajstić information content (AvgIpc) is 3.14. The van der Waals surface area contributed by atoms with E-state index >= 15 is 0 Å². The summed E-state index contributed by atoms with van der Waals surface area (Å²) in [5, 5.41) is 21.9. The van der Waals surface area contributed by atoms with Crippen molar-refractivity contribution in [3.05, 3.63) is 59.7 Å². The summed E-state index contributed by atoms with van der Waals surface area (Å²) in [7, 11) is 0. The molecule has 2 amide bonds. The predicted octanol–water partition coefficient (Wildman–Crippen LogP) is 2.74. The van der Waals surface area contributed by atoms with E-state index < -0.39 is 23.6 Å². The molecular weight excluding hydrogens is 436 g/mol. The van der Waals surface area contributed by atoms with Gasteiger partial charge in [-0.3, -0.25) is 4.79 Å². The number of nitrogens with one attached hydrogen (secondary N) is 1. The maximum atomic E-state index is 13.0. The van der Waals surface area contributed by atoms with Crippen LogP contribution in [0.1, 0.15) is 42.7 Å². The summed E-state index contributed by atoms with van der Waals surface area (Å²) in [6.07, 6.45) is 2.44. The van der Waals surface area contributed by atoms with E-state index in [4.69, 9.17) is 9.84 Å². The van der Waals surface area contributed by atoms with Crippen LogP contribution in [0.5, 0.6) is 0 Å². The third-order valence-corrected chi connectivity index (χ3v) is 7.34. The van der Waals surface area contributed by atoms with Gasteiger partial charge in [-0.1, -0.05) is 61.4 Å². The lowest BCUT2D eigenvalue weighted by atomic mass is 9.82. The highest BCUT2D eigenvalue weighted by atomic mass is 16.5. The zero-order chi connectivity index (χ0) is 23.9. The molecule has 3 aliphatic rings. The van der Waals surface area contributed by atoms with E-state index in [2.05, 4.69) is 29.6 Å². The van der Waals surface area contributed by atoms with Crippen molar-refractivity contribution >= 4 is 18.0 Å². The second-order valence-corrected chi connectivity index (χ2v) is 9.50. The van der Waals surface area contributed by atoms with Crippen molar-refractivity contribution in [2.45, 2.75) is 43.2 Å². The normalized spacial score (nSPS) is 22.8. The predicted molar refractivity (Wildman–Crippen MR) is 123 cm³/mol. The number of hydrogen-bond acceptors (Lipinski definition) is 5. The summed E-state index contributed by atoms with van der Waals surface area (Å²) in [5.74, 6) is -2.05. The minimum atomic E-state index is -1.87. The molecule has 2 fully saturated rings. The first-order chi connectivity index (χ1) is 16.4. The molecule has 2 aliphatic carbocycles. The Bertz CT molecular complexity index is 1080. The highest BCUT2D eigenvalue weighted by Gasteiger charge is 2.52. The highest BCUT2D eigenvalue weighted by Crippen LogP contribution is 2.44.